The minimum atomic E-state index is -0.367. The molecule has 0 aliphatic carbocycles. The van der Waals surface area contributed by atoms with E-state index in [0.717, 1.165) is 25.0 Å². The zero-order valence-corrected chi connectivity index (χ0v) is 21.0. The van der Waals surface area contributed by atoms with Gasteiger partial charge in [-0.25, -0.2) is 0 Å². The summed E-state index contributed by atoms with van der Waals surface area (Å²) in [7, 11) is 0. The van der Waals surface area contributed by atoms with Crippen molar-refractivity contribution in [3.8, 4) is 0 Å². The van der Waals surface area contributed by atoms with Crippen molar-refractivity contribution >= 4 is 17.7 Å². The summed E-state index contributed by atoms with van der Waals surface area (Å²) in [5.41, 5.74) is 3.73. The van der Waals surface area contributed by atoms with Gasteiger partial charge in [-0.1, -0.05) is 130 Å². The van der Waals surface area contributed by atoms with Gasteiger partial charge in [-0.2, -0.15) is 0 Å². The number of hydrogen-bond donors (Lipinski definition) is 0. The molecule has 0 N–H and O–H groups in total. The van der Waals surface area contributed by atoms with E-state index < -0.39 is 0 Å². The Hall–Kier alpha value is -2.52. The summed E-state index contributed by atoms with van der Waals surface area (Å²) in [5.74, 6) is 0.842. The highest BCUT2D eigenvalue weighted by atomic mass is 32.2. The summed E-state index contributed by atoms with van der Waals surface area (Å²) in [6.45, 7) is 2.23. The van der Waals surface area contributed by atoms with Crippen LogP contribution in [0.5, 0.6) is 0 Å². The van der Waals surface area contributed by atoms with Crippen molar-refractivity contribution in [3.05, 3.63) is 108 Å². The van der Waals surface area contributed by atoms with Crippen LogP contribution in [0.3, 0.4) is 0 Å². The van der Waals surface area contributed by atoms with Gasteiger partial charge in [0, 0.05) is 5.75 Å². The molecule has 1 aliphatic rings. The van der Waals surface area contributed by atoms with Crippen LogP contribution in [0.25, 0.3) is 0 Å². The Labute approximate surface area is 209 Å². The van der Waals surface area contributed by atoms with E-state index in [9.17, 15) is 4.79 Å². The maximum absolute atomic E-state index is 12.6. The van der Waals surface area contributed by atoms with Gasteiger partial charge in [-0.15, -0.1) is 11.8 Å². The molecule has 2 atom stereocenters. The van der Waals surface area contributed by atoms with Crippen LogP contribution in [0.2, 0.25) is 0 Å². The normalized spacial score (nSPS) is 18.1. The van der Waals surface area contributed by atoms with E-state index in [1.807, 2.05) is 11.8 Å². The van der Waals surface area contributed by atoms with Crippen LogP contribution in [0.1, 0.15) is 68.6 Å². The van der Waals surface area contributed by atoms with Gasteiger partial charge in [0.1, 0.15) is 6.10 Å². The number of carbonyl (C=O) groups is 1. The third kappa shape index (κ3) is 5.75. The maximum Gasteiger partial charge on any atom is 0.309 e. The van der Waals surface area contributed by atoms with E-state index >= 15 is 0 Å². The van der Waals surface area contributed by atoms with Crippen LogP contribution in [-0.4, -0.2) is 17.8 Å². The Kier molecular flexibility index (Phi) is 8.87. The maximum atomic E-state index is 12.6. The average Bonchev–Trinajstić information content (AvgIpc) is 3.25. The van der Waals surface area contributed by atoms with Crippen LogP contribution in [0, 0.1) is 5.92 Å². The summed E-state index contributed by atoms with van der Waals surface area (Å²) in [5, 5.41) is 0. The monoisotopic (exact) mass is 472 g/mol. The van der Waals surface area contributed by atoms with Gasteiger partial charge in [0.15, 0.2) is 0 Å². The summed E-state index contributed by atoms with van der Waals surface area (Å²) in [6.07, 6.45) is 7.92. The van der Waals surface area contributed by atoms with Gasteiger partial charge in [0.05, 0.1) is 10.7 Å². The van der Waals surface area contributed by atoms with Crippen LogP contribution < -0.4 is 0 Å². The molecule has 178 valence electrons. The fourth-order valence-corrected chi connectivity index (χ4v) is 6.59. The number of hydrogen-bond acceptors (Lipinski definition) is 3. The summed E-state index contributed by atoms with van der Waals surface area (Å²) in [6, 6.07) is 32.2. The minimum Gasteiger partial charge on any atom is -0.461 e. The minimum absolute atomic E-state index is 0.00539. The molecule has 0 bridgehead atoms. The van der Waals surface area contributed by atoms with Gasteiger partial charge in [-0.3, -0.25) is 4.79 Å². The molecule has 3 aromatic rings. The molecule has 2 nitrogen and oxygen atoms in total. The molecule has 0 saturated carbocycles. The molecule has 1 heterocycles. The Balaban J connectivity index is 1.55. The molecule has 3 heteroatoms. The van der Waals surface area contributed by atoms with E-state index in [2.05, 4.69) is 97.9 Å². The van der Waals surface area contributed by atoms with Crippen molar-refractivity contribution in [2.75, 3.05) is 5.75 Å². The van der Waals surface area contributed by atoms with Crippen LogP contribution in [-0.2, 0) is 14.3 Å². The standard InChI is InChI=1S/C31H36O2S/c1-2-3-4-5-9-16-25-23-29(33-30(25)32)24-34-31(26-17-10-6-11-18-26,27-19-12-7-13-20-27)28-21-14-8-15-22-28/h6-8,10-15,17-22,25,29H,2-5,9,16,23-24H2,1H3/t25-,29-/m1/s1. The zero-order chi connectivity index (χ0) is 23.6. The van der Waals surface area contributed by atoms with Gasteiger partial charge >= 0.3 is 5.97 Å². The Morgan fingerprint density at radius 1 is 0.765 bits per heavy atom. The van der Waals surface area contributed by atoms with Crippen LogP contribution in [0.4, 0.5) is 0 Å². The lowest BCUT2D eigenvalue weighted by Crippen LogP contribution is -2.28. The lowest BCUT2D eigenvalue weighted by molar-refractivity contribution is -0.143. The van der Waals surface area contributed by atoms with Gasteiger partial charge in [0.25, 0.3) is 0 Å². The Bertz CT molecular complexity index is 907. The number of ether oxygens (including phenoxy) is 1. The van der Waals surface area contributed by atoms with Crippen molar-refractivity contribution < 1.29 is 9.53 Å². The largest absolute Gasteiger partial charge is 0.461 e. The van der Waals surface area contributed by atoms with Gasteiger partial charge in [-0.05, 0) is 29.5 Å². The first kappa shape index (κ1) is 24.6. The van der Waals surface area contributed by atoms with Crippen molar-refractivity contribution in [1.29, 1.82) is 0 Å². The van der Waals surface area contributed by atoms with Crippen LogP contribution >= 0.6 is 11.8 Å². The number of unbranched alkanes of at least 4 members (excludes halogenated alkanes) is 4. The summed E-state index contributed by atoms with van der Waals surface area (Å²) < 4.78 is 5.53. The molecule has 0 unspecified atom stereocenters. The lowest BCUT2D eigenvalue weighted by atomic mass is 9.84. The Morgan fingerprint density at radius 2 is 1.26 bits per heavy atom. The van der Waals surface area contributed by atoms with Crippen molar-refractivity contribution in [3.63, 3.8) is 0 Å². The molecule has 1 fully saturated rings. The number of esters is 1. The SMILES string of the molecule is CCCCCCC[C@@H]1C[C@H](CSC(c2ccccc2)(c2ccccc2)c2ccccc2)OC1=O. The van der Waals surface area contributed by atoms with E-state index in [1.165, 1.54) is 42.4 Å². The molecule has 4 rings (SSSR count). The topological polar surface area (TPSA) is 26.3 Å². The van der Waals surface area contributed by atoms with Crippen LogP contribution in [0.15, 0.2) is 91.0 Å². The van der Waals surface area contributed by atoms with Gasteiger partial charge < -0.3 is 4.74 Å². The Morgan fingerprint density at radius 3 is 1.76 bits per heavy atom. The molecule has 1 saturated heterocycles. The average molecular weight is 473 g/mol. The first-order valence-electron chi connectivity index (χ1n) is 12.7. The van der Waals surface area contributed by atoms with Crippen molar-refractivity contribution in [1.82, 2.24) is 0 Å². The first-order valence-corrected chi connectivity index (χ1v) is 13.7. The highest BCUT2D eigenvalue weighted by Crippen LogP contribution is 2.49. The second-order valence-electron chi connectivity index (χ2n) is 9.28. The predicted octanol–water partition coefficient (Wildman–Crippen LogP) is 8.00. The summed E-state index contributed by atoms with van der Waals surface area (Å²) >= 11 is 1.89. The second kappa shape index (κ2) is 12.3. The van der Waals surface area contributed by atoms with Crippen molar-refractivity contribution in [2.24, 2.45) is 5.92 Å². The van der Waals surface area contributed by atoms with E-state index in [0.29, 0.717) is 0 Å². The smallest absolute Gasteiger partial charge is 0.309 e. The molecule has 0 amide bonds. The number of carbonyl (C=O) groups excluding carboxylic acids is 1. The summed E-state index contributed by atoms with van der Waals surface area (Å²) in [4.78, 5) is 12.6. The molecular formula is C31H36O2S. The zero-order valence-electron chi connectivity index (χ0n) is 20.2. The fourth-order valence-electron chi connectivity index (χ4n) is 5.04. The van der Waals surface area contributed by atoms with Gasteiger partial charge in [0.2, 0.25) is 0 Å². The van der Waals surface area contributed by atoms with E-state index in [1.54, 1.807) is 0 Å². The first-order chi connectivity index (χ1) is 16.7. The number of benzene rings is 3. The van der Waals surface area contributed by atoms with E-state index in [4.69, 9.17) is 4.74 Å². The number of cyclic esters (lactones) is 1. The molecule has 0 radical (unpaired) electrons. The third-order valence-electron chi connectivity index (χ3n) is 6.85. The van der Waals surface area contributed by atoms with Crippen molar-refractivity contribution in [2.45, 2.75) is 62.7 Å². The number of thioether (sulfide) groups is 1. The predicted molar refractivity (Wildman–Crippen MR) is 143 cm³/mol. The quantitative estimate of drug-likeness (QED) is 0.152. The second-order valence-corrected chi connectivity index (χ2v) is 10.5. The highest BCUT2D eigenvalue weighted by molar-refractivity contribution is 8.00. The molecular weight excluding hydrogens is 436 g/mol. The third-order valence-corrected chi connectivity index (χ3v) is 8.52. The fraction of sp³-hybridized carbons (Fsp3) is 0.387. The molecule has 1 aliphatic heterocycles. The molecule has 0 spiro atoms. The highest BCUT2D eigenvalue weighted by Gasteiger charge is 2.40. The molecule has 0 aromatic heterocycles. The molecule has 34 heavy (non-hydrogen) atoms. The molecule has 3 aromatic carbocycles. The van der Waals surface area contributed by atoms with E-state index in [-0.39, 0.29) is 22.7 Å². The number of rotatable bonds is 12. The lowest BCUT2D eigenvalue weighted by Gasteiger charge is -2.36.